The summed E-state index contributed by atoms with van der Waals surface area (Å²) in [5.74, 6) is -0.0453. The molecule has 0 aliphatic rings. The van der Waals surface area contributed by atoms with Gasteiger partial charge in [-0.3, -0.25) is 14.4 Å². The zero-order valence-corrected chi connectivity index (χ0v) is 34.6. The van der Waals surface area contributed by atoms with Crippen molar-refractivity contribution in [2.45, 2.75) is 252 Å². The first-order valence-corrected chi connectivity index (χ1v) is 22.4. The summed E-state index contributed by atoms with van der Waals surface area (Å²) >= 11 is 0. The lowest BCUT2D eigenvalue weighted by Gasteiger charge is -2.18. The van der Waals surface area contributed by atoms with Crippen molar-refractivity contribution in [1.29, 1.82) is 0 Å². The highest BCUT2D eigenvalue weighted by Crippen LogP contribution is 2.16. The Balaban J connectivity index is 4.28. The molecule has 0 aliphatic heterocycles. The van der Waals surface area contributed by atoms with E-state index in [1.165, 1.54) is 141 Å². The maximum atomic E-state index is 12.7. The maximum Gasteiger partial charge on any atom is 0.306 e. The molecule has 0 rings (SSSR count). The number of hydrogen-bond donors (Lipinski definition) is 0. The van der Waals surface area contributed by atoms with Crippen molar-refractivity contribution in [2.24, 2.45) is 5.92 Å². The van der Waals surface area contributed by atoms with Crippen LogP contribution in [0.25, 0.3) is 0 Å². The van der Waals surface area contributed by atoms with Gasteiger partial charge in [-0.2, -0.15) is 0 Å². The second-order valence-electron chi connectivity index (χ2n) is 15.8. The van der Waals surface area contributed by atoms with Gasteiger partial charge in [0.15, 0.2) is 6.10 Å². The van der Waals surface area contributed by atoms with Gasteiger partial charge in [-0.05, 0) is 25.2 Å². The van der Waals surface area contributed by atoms with Crippen molar-refractivity contribution < 1.29 is 28.6 Å². The Morgan fingerprint density at radius 1 is 0.373 bits per heavy atom. The van der Waals surface area contributed by atoms with Crippen LogP contribution in [0.4, 0.5) is 0 Å². The van der Waals surface area contributed by atoms with E-state index < -0.39 is 6.10 Å². The van der Waals surface area contributed by atoms with Gasteiger partial charge < -0.3 is 14.2 Å². The van der Waals surface area contributed by atoms with E-state index in [2.05, 4.69) is 27.7 Å². The zero-order chi connectivity index (χ0) is 37.5. The van der Waals surface area contributed by atoms with Gasteiger partial charge >= 0.3 is 17.9 Å². The number of rotatable bonds is 40. The Morgan fingerprint density at radius 2 is 0.647 bits per heavy atom. The highest BCUT2D eigenvalue weighted by molar-refractivity contribution is 5.71. The molecule has 0 aromatic carbocycles. The fourth-order valence-corrected chi connectivity index (χ4v) is 6.63. The molecule has 0 saturated heterocycles. The Bertz CT molecular complexity index is 766. The van der Waals surface area contributed by atoms with Crippen LogP contribution in [-0.4, -0.2) is 37.2 Å². The van der Waals surface area contributed by atoms with Crippen LogP contribution in [0.1, 0.15) is 246 Å². The van der Waals surface area contributed by atoms with Crippen molar-refractivity contribution in [3.05, 3.63) is 0 Å². The van der Waals surface area contributed by atoms with E-state index in [1.807, 2.05) is 0 Å². The lowest BCUT2D eigenvalue weighted by atomic mass is 10.0. The van der Waals surface area contributed by atoms with Crippen LogP contribution in [-0.2, 0) is 28.6 Å². The van der Waals surface area contributed by atoms with Gasteiger partial charge in [0.05, 0.1) is 0 Å². The molecule has 0 N–H and O–H groups in total. The zero-order valence-electron chi connectivity index (χ0n) is 34.6. The molecule has 0 aromatic heterocycles. The number of carbonyl (C=O) groups is 3. The molecule has 0 aliphatic carbocycles. The van der Waals surface area contributed by atoms with Crippen LogP contribution >= 0.6 is 0 Å². The van der Waals surface area contributed by atoms with E-state index >= 15 is 0 Å². The predicted octanol–water partition coefficient (Wildman–Crippen LogP) is 13.9. The molecular weight excluding hydrogens is 636 g/mol. The molecule has 51 heavy (non-hydrogen) atoms. The van der Waals surface area contributed by atoms with E-state index in [0.29, 0.717) is 19.3 Å². The summed E-state index contributed by atoms with van der Waals surface area (Å²) in [6.45, 7) is 8.94. The average molecular weight is 723 g/mol. The van der Waals surface area contributed by atoms with Gasteiger partial charge in [-0.15, -0.1) is 0 Å². The summed E-state index contributed by atoms with van der Waals surface area (Å²) in [6.07, 6.45) is 38.1. The monoisotopic (exact) mass is 723 g/mol. The van der Waals surface area contributed by atoms with Gasteiger partial charge in [0, 0.05) is 19.3 Å². The molecule has 6 heteroatoms. The fraction of sp³-hybridized carbons (Fsp3) is 0.933. The second-order valence-corrected chi connectivity index (χ2v) is 15.8. The van der Waals surface area contributed by atoms with E-state index in [4.69, 9.17) is 14.2 Å². The van der Waals surface area contributed by atoms with Gasteiger partial charge in [0.1, 0.15) is 13.2 Å². The van der Waals surface area contributed by atoms with Crippen molar-refractivity contribution in [3.8, 4) is 0 Å². The first-order valence-electron chi connectivity index (χ1n) is 22.4. The van der Waals surface area contributed by atoms with Crippen LogP contribution in [0.2, 0.25) is 0 Å². The number of unbranched alkanes of at least 4 members (excludes halogenated alkanes) is 27. The van der Waals surface area contributed by atoms with Gasteiger partial charge in [0.25, 0.3) is 0 Å². The van der Waals surface area contributed by atoms with Crippen molar-refractivity contribution in [1.82, 2.24) is 0 Å². The third-order valence-corrected chi connectivity index (χ3v) is 10.0. The average Bonchev–Trinajstić information content (AvgIpc) is 3.11. The SMILES string of the molecule is CCCCCCCCCCCCCCCC(=O)OC[C@@H](COC(=O)CCCCCCCCC)OC(=O)CCCCCCCCCCCCC(C)C. The number of ether oxygens (including phenoxy) is 3. The summed E-state index contributed by atoms with van der Waals surface area (Å²) in [4.78, 5) is 37.5. The standard InChI is InChI=1S/C45H86O6/c1-5-7-9-11-13-14-15-16-17-21-25-29-33-37-44(47)50-40-42(39-49-43(46)36-32-28-23-12-10-8-6-2)51-45(48)38-34-30-26-22-19-18-20-24-27-31-35-41(3)4/h41-42H,5-40H2,1-4H3/t42-/m1/s1. The lowest BCUT2D eigenvalue weighted by molar-refractivity contribution is -0.167. The molecule has 0 unspecified atom stereocenters. The molecule has 0 spiro atoms. The topological polar surface area (TPSA) is 78.9 Å². The smallest absolute Gasteiger partial charge is 0.306 e. The molecule has 0 heterocycles. The van der Waals surface area contributed by atoms with Crippen molar-refractivity contribution in [3.63, 3.8) is 0 Å². The van der Waals surface area contributed by atoms with Gasteiger partial charge in [-0.1, -0.05) is 207 Å². The van der Waals surface area contributed by atoms with Crippen LogP contribution in [0.15, 0.2) is 0 Å². The number of carbonyl (C=O) groups excluding carboxylic acids is 3. The largest absolute Gasteiger partial charge is 0.462 e. The predicted molar refractivity (Wildman–Crippen MR) is 215 cm³/mol. The third-order valence-electron chi connectivity index (χ3n) is 10.0. The Hall–Kier alpha value is -1.59. The maximum absolute atomic E-state index is 12.7. The molecule has 0 radical (unpaired) electrons. The molecule has 6 nitrogen and oxygen atoms in total. The molecular formula is C45H86O6. The molecule has 0 fully saturated rings. The van der Waals surface area contributed by atoms with Crippen LogP contribution in [0, 0.1) is 5.92 Å². The second kappa shape index (κ2) is 39.6. The van der Waals surface area contributed by atoms with E-state index in [9.17, 15) is 14.4 Å². The van der Waals surface area contributed by atoms with Crippen molar-refractivity contribution in [2.75, 3.05) is 13.2 Å². The Labute approximate surface area is 317 Å². The van der Waals surface area contributed by atoms with E-state index in [-0.39, 0.29) is 31.1 Å². The minimum absolute atomic E-state index is 0.0643. The first-order chi connectivity index (χ1) is 24.9. The van der Waals surface area contributed by atoms with E-state index in [0.717, 1.165) is 63.7 Å². The molecule has 0 aromatic rings. The van der Waals surface area contributed by atoms with Crippen LogP contribution in [0.5, 0.6) is 0 Å². The molecule has 302 valence electrons. The molecule has 1 atom stereocenters. The van der Waals surface area contributed by atoms with Crippen molar-refractivity contribution >= 4 is 17.9 Å². The Morgan fingerprint density at radius 3 is 0.961 bits per heavy atom. The highest BCUT2D eigenvalue weighted by atomic mass is 16.6. The molecule has 0 amide bonds. The highest BCUT2D eigenvalue weighted by Gasteiger charge is 2.19. The van der Waals surface area contributed by atoms with E-state index in [1.54, 1.807) is 0 Å². The summed E-state index contributed by atoms with van der Waals surface area (Å²) < 4.78 is 16.7. The molecule has 0 bridgehead atoms. The van der Waals surface area contributed by atoms with Gasteiger partial charge in [-0.25, -0.2) is 0 Å². The lowest BCUT2D eigenvalue weighted by Crippen LogP contribution is -2.30. The summed E-state index contributed by atoms with van der Waals surface area (Å²) in [5, 5.41) is 0. The van der Waals surface area contributed by atoms with Gasteiger partial charge in [0.2, 0.25) is 0 Å². The normalized spacial score (nSPS) is 11.9. The molecule has 0 saturated carbocycles. The first kappa shape index (κ1) is 49.4. The number of hydrogen-bond acceptors (Lipinski definition) is 6. The number of esters is 3. The Kier molecular flexibility index (Phi) is 38.4. The van der Waals surface area contributed by atoms with Crippen LogP contribution < -0.4 is 0 Å². The van der Waals surface area contributed by atoms with Crippen LogP contribution in [0.3, 0.4) is 0 Å². The minimum atomic E-state index is -0.758. The summed E-state index contributed by atoms with van der Waals surface area (Å²) in [6, 6.07) is 0. The summed E-state index contributed by atoms with van der Waals surface area (Å²) in [5.41, 5.74) is 0. The summed E-state index contributed by atoms with van der Waals surface area (Å²) in [7, 11) is 0. The minimum Gasteiger partial charge on any atom is -0.462 e. The third kappa shape index (κ3) is 39.5. The quantitative estimate of drug-likeness (QED) is 0.0356. The fourth-order valence-electron chi connectivity index (χ4n) is 6.63.